The first kappa shape index (κ1) is 14.1. The van der Waals surface area contributed by atoms with Crippen molar-refractivity contribution in [3.8, 4) is 11.5 Å². The Kier molecular flexibility index (Phi) is 3.78. The second-order valence-corrected chi connectivity index (χ2v) is 4.94. The second kappa shape index (κ2) is 5.88. The van der Waals surface area contributed by atoms with Crippen LogP contribution in [0.4, 0.5) is 0 Å². The third-order valence-electron chi connectivity index (χ3n) is 3.37. The molecule has 2 N–H and O–H groups in total. The van der Waals surface area contributed by atoms with E-state index in [1.807, 2.05) is 30.8 Å². The van der Waals surface area contributed by atoms with Crippen molar-refractivity contribution in [2.45, 2.75) is 26.4 Å². The number of nitrogens with one attached hydrogen (secondary N) is 2. The highest BCUT2D eigenvalue weighted by atomic mass is 16.3. The van der Waals surface area contributed by atoms with Gasteiger partial charge < -0.3 is 9.73 Å². The molecule has 3 aromatic heterocycles. The molecule has 0 aliphatic rings. The fourth-order valence-corrected chi connectivity index (χ4v) is 2.13. The largest absolute Gasteiger partial charge is 0.463 e. The zero-order chi connectivity index (χ0) is 15.5. The molecule has 0 spiro atoms. The molecular formula is C15H17N5O2. The van der Waals surface area contributed by atoms with Crippen LogP contribution in [0, 0.1) is 0 Å². The molecular weight excluding hydrogens is 282 g/mol. The lowest BCUT2D eigenvalue weighted by Crippen LogP contribution is -2.27. The summed E-state index contributed by atoms with van der Waals surface area (Å²) in [6.45, 7) is 4.70. The van der Waals surface area contributed by atoms with Crippen molar-refractivity contribution in [1.82, 2.24) is 25.3 Å². The van der Waals surface area contributed by atoms with E-state index in [1.165, 1.54) is 0 Å². The van der Waals surface area contributed by atoms with E-state index in [9.17, 15) is 4.79 Å². The van der Waals surface area contributed by atoms with Crippen molar-refractivity contribution >= 4 is 5.91 Å². The predicted octanol–water partition coefficient (Wildman–Crippen LogP) is 2.38. The number of carbonyl (C=O) groups excluding carboxylic acids is 1. The standard InChI is InChI=1S/C15H17N5O2/c1-3-20-7-6-11(19-20)10(2)16-15(21)13-9-12(17-18-13)14-5-4-8-22-14/h4-10H,3H2,1-2H3,(H,16,21)(H,17,18). The number of nitrogens with zero attached hydrogens (tertiary/aromatic N) is 3. The Balaban J connectivity index is 1.69. The minimum atomic E-state index is -0.257. The number of carbonyl (C=O) groups is 1. The normalized spacial score (nSPS) is 12.3. The Morgan fingerprint density at radius 1 is 1.50 bits per heavy atom. The van der Waals surface area contributed by atoms with Crippen molar-refractivity contribution < 1.29 is 9.21 Å². The Labute approximate surface area is 127 Å². The number of hydrogen-bond donors (Lipinski definition) is 2. The van der Waals surface area contributed by atoms with E-state index in [-0.39, 0.29) is 11.9 Å². The van der Waals surface area contributed by atoms with Crippen molar-refractivity contribution in [3.63, 3.8) is 0 Å². The molecule has 0 aliphatic carbocycles. The lowest BCUT2D eigenvalue weighted by atomic mass is 10.2. The highest BCUT2D eigenvalue weighted by Crippen LogP contribution is 2.18. The van der Waals surface area contributed by atoms with Crippen LogP contribution in [0.5, 0.6) is 0 Å². The van der Waals surface area contributed by atoms with E-state index in [0.29, 0.717) is 17.1 Å². The molecule has 0 saturated heterocycles. The SMILES string of the molecule is CCn1ccc(C(C)NC(=O)c2cc(-c3ccco3)[nH]n2)n1. The summed E-state index contributed by atoms with van der Waals surface area (Å²) in [6, 6.07) is 6.94. The quantitative estimate of drug-likeness (QED) is 0.757. The molecule has 1 amide bonds. The first-order chi connectivity index (χ1) is 10.7. The molecule has 0 saturated carbocycles. The van der Waals surface area contributed by atoms with Crippen LogP contribution in [0.2, 0.25) is 0 Å². The van der Waals surface area contributed by atoms with Gasteiger partial charge in [0.25, 0.3) is 5.91 Å². The number of amides is 1. The molecule has 0 aliphatic heterocycles. The number of rotatable bonds is 5. The van der Waals surface area contributed by atoms with Gasteiger partial charge in [-0.1, -0.05) is 0 Å². The summed E-state index contributed by atoms with van der Waals surface area (Å²) in [5.74, 6) is 0.383. The first-order valence-corrected chi connectivity index (χ1v) is 7.11. The van der Waals surface area contributed by atoms with Gasteiger partial charge in [-0.15, -0.1) is 0 Å². The molecule has 22 heavy (non-hydrogen) atoms. The van der Waals surface area contributed by atoms with Crippen LogP contribution < -0.4 is 5.32 Å². The number of aryl methyl sites for hydroxylation is 1. The van der Waals surface area contributed by atoms with Crippen LogP contribution in [-0.2, 0) is 6.54 Å². The summed E-state index contributed by atoms with van der Waals surface area (Å²) in [7, 11) is 0. The van der Waals surface area contributed by atoms with Crippen molar-refractivity contribution in [3.05, 3.63) is 48.1 Å². The second-order valence-electron chi connectivity index (χ2n) is 4.94. The van der Waals surface area contributed by atoms with Crippen molar-refractivity contribution in [2.75, 3.05) is 0 Å². The molecule has 1 atom stereocenters. The molecule has 0 fully saturated rings. The van der Waals surface area contributed by atoms with Crippen LogP contribution in [0.15, 0.2) is 41.1 Å². The third kappa shape index (κ3) is 2.78. The Hall–Kier alpha value is -2.83. The smallest absolute Gasteiger partial charge is 0.272 e. The highest BCUT2D eigenvalue weighted by molar-refractivity contribution is 5.93. The average molecular weight is 299 g/mol. The van der Waals surface area contributed by atoms with Gasteiger partial charge in [-0.2, -0.15) is 10.2 Å². The van der Waals surface area contributed by atoms with Crippen molar-refractivity contribution in [2.24, 2.45) is 0 Å². The molecule has 0 aromatic carbocycles. The van der Waals surface area contributed by atoms with E-state index in [1.54, 1.807) is 24.5 Å². The molecule has 114 valence electrons. The van der Waals surface area contributed by atoms with Gasteiger partial charge in [-0.3, -0.25) is 14.6 Å². The molecule has 3 heterocycles. The van der Waals surface area contributed by atoms with E-state index in [0.717, 1.165) is 12.2 Å². The number of aromatic amines is 1. The van der Waals surface area contributed by atoms with Gasteiger partial charge in [-0.05, 0) is 32.0 Å². The van der Waals surface area contributed by atoms with Crippen LogP contribution in [0.25, 0.3) is 11.5 Å². The van der Waals surface area contributed by atoms with Gasteiger partial charge in [0.15, 0.2) is 11.5 Å². The van der Waals surface area contributed by atoms with Crippen LogP contribution in [-0.4, -0.2) is 25.9 Å². The summed E-state index contributed by atoms with van der Waals surface area (Å²) < 4.78 is 7.08. The van der Waals surface area contributed by atoms with Gasteiger partial charge in [-0.25, -0.2) is 0 Å². The van der Waals surface area contributed by atoms with Crippen LogP contribution >= 0.6 is 0 Å². The van der Waals surface area contributed by atoms with E-state index in [2.05, 4.69) is 20.6 Å². The number of hydrogen-bond acceptors (Lipinski definition) is 4. The van der Waals surface area contributed by atoms with Gasteiger partial charge in [0.1, 0.15) is 5.69 Å². The Morgan fingerprint density at radius 2 is 2.36 bits per heavy atom. The Morgan fingerprint density at radius 3 is 3.05 bits per heavy atom. The summed E-state index contributed by atoms with van der Waals surface area (Å²) in [4.78, 5) is 12.2. The monoisotopic (exact) mass is 299 g/mol. The molecule has 0 radical (unpaired) electrons. The minimum absolute atomic E-state index is 0.191. The van der Waals surface area contributed by atoms with E-state index >= 15 is 0 Å². The summed E-state index contributed by atoms with van der Waals surface area (Å²) in [5, 5.41) is 14.1. The average Bonchev–Trinajstić information content (AvgIpc) is 3.25. The van der Waals surface area contributed by atoms with Crippen molar-refractivity contribution in [1.29, 1.82) is 0 Å². The van der Waals surface area contributed by atoms with Crippen LogP contribution in [0.3, 0.4) is 0 Å². The van der Waals surface area contributed by atoms with Gasteiger partial charge >= 0.3 is 0 Å². The maximum absolute atomic E-state index is 12.2. The highest BCUT2D eigenvalue weighted by Gasteiger charge is 2.17. The summed E-state index contributed by atoms with van der Waals surface area (Å²) >= 11 is 0. The molecule has 3 aromatic rings. The molecule has 0 bridgehead atoms. The van der Waals surface area contributed by atoms with Gasteiger partial charge in [0.2, 0.25) is 0 Å². The zero-order valence-electron chi connectivity index (χ0n) is 12.4. The predicted molar refractivity (Wildman–Crippen MR) is 80.1 cm³/mol. The lowest BCUT2D eigenvalue weighted by Gasteiger charge is -2.10. The van der Waals surface area contributed by atoms with Crippen LogP contribution in [0.1, 0.15) is 36.1 Å². The summed E-state index contributed by atoms with van der Waals surface area (Å²) in [5.41, 5.74) is 1.79. The fraction of sp³-hybridized carbons (Fsp3) is 0.267. The fourth-order valence-electron chi connectivity index (χ4n) is 2.13. The summed E-state index contributed by atoms with van der Waals surface area (Å²) in [6.07, 6.45) is 3.46. The zero-order valence-corrected chi connectivity index (χ0v) is 12.4. The lowest BCUT2D eigenvalue weighted by molar-refractivity contribution is 0.0934. The first-order valence-electron chi connectivity index (χ1n) is 7.11. The number of furan rings is 1. The molecule has 1 unspecified atom stereocenters. The van der Waals surface area contributed by atoms with Gasteiger partial charge in [0.05, 0.1) is 18.0 Å². The number of aromatic nitrogens is 4. The van der Waals surface area contributed by atoms with Gasteiger partial charge in [0, 0.05) is 18.8 Å². The van der Waals surface area contributed by atoms with E-state index in [4.69, 9.17) is 4.42 Å². The molecule has 7 nitrogen and oxygen atoms in total. The Bertz CT molecular complexity index is 757. The molecule has 7 heteroatoms. The minimum Gasteiger partial charge on any atom is -0.463 e. The topological polar surface area (TPSA) is 88.7 Å². The van der Waals surface area contributed by atoms with E-state index < -0.39 is 0 Å². The third-order valence-corrected chi connectivity index (χ3v) is 3.37. The number of H-pyrrole nitrogens is 1. The molecule has 3 rings (SSSR count). The maximum atomic E-state index is 12.2. The maximum Gasteiger partial charge on any atom is 0.272 e.